The highest BCUT2D eigenvalue weighted by atomic mass is 35.5. The van der Waals surface area contributed by atoms with Gasteiger partial charge in [-0.3, -0.25) is 9.59 Å². The number of carbonyl (C=O) groups is 2. The van der Waals surface area contributed by atoms with E-state index in [-0.39, 0.29) is 19.1 Å². The molecule has 112 valence electrons. The van der Waals surface area contributed by atoms with Gasteiger partial charge < -0.3 is 15.2 Å². The minimum atomic E-state index is -0.980. The van der Waals surface area contributed by atoms with E-state index in [9.17, 15) is 9.59 Å². The normalized spacial score (nSPS) is 21.6. The molecule has 1 amide bonds. The molecule has 0 spiro atoms. The molecule has 7 heteroatoms. The fourth-order valence-corrected chi connectivity index (χ4v) is 2.27. The molecular formula is C14H13Cl2NO4. The molecule has 0 aromatic heterocycles. The number of halogens is 2. The highest BCUT2D eigenvalue weighted by molar-refractivity contribution is 6.42. The number of benzene rings is 1. The van der Waals surface area contributed by atoms with Crippen molar-refractivity contribution in [2.45, 2.75) is 6.04 Å². The lowest BCUT2D eigenvalue weighted by atomic mass is 10.0. The van der Waals surface area contributed by atoms with Crippen LogP contribution in [0.1, 0.15) is 5.56 Å². The van der Waals surface area contributed by atoms with Crippen molar-refractivity contribution in [3.8, 4) is 0 Å². The van der Waals surface area contributed by atoms with Gasteiger partial charge in [-0.15, -0.1) is 0 Å². The number of rotatable bonds is 4. The van der Waals surface area contributed by atoms with Gasteiger partial charge >= 0.3 is 5.97 Å². The van der Waals surface area contributed by atoms with Crippen LogP contribution in [0.4, 0.5) is 0 Å². The molecule has 1 aromatic rings. The first kappa shape index (κ1) is 15.8. The quantitative estimate of drug-likeness (QED) is 0.830. The third-order valence-electron chi connectivity index (χ3n) is 3.10. The monoisotopic (exact) mass is 329 g/mol. The predicted molar refractivity (Wildman–Crippen MR) is 79.4 cm³/mol. The molecule has 2 unspecified atom stereocenters. The Labute approximate surface area is 131 Å². The Bertz CT molecular complexity index is 588. The minimum Gasteiger partial charge on any atom is -0.481 e. The van der Waals surface area contributed by atoms with Crippen LogP contribution < -0.4 is 5.32 Å². The van der Waals surface area contributed by atoms with Crippen molar-refractivity contribution < 1.29 is 19.4 Å². The number of amides is 1. The molecule has 1 aromatic carbocycles. The van der Waals surface area contributed by atoms with Crippen LogP contribution >= 0.6 is 23.2 Å². The highest BCUT2D eigenvalue weighted by Crippen LogP contribution is 2.23. The Morgan fingerprint density at radius 1 is 1.29 bits per heavy atom. The third kappa shape index (κ3) is 4.20. The van der Waals surface area contributed by atoms with E-state index in [4.69, 9.17) is 33.0 Å². The van der Waals surface area contributed by atoms with Gasteiger partial charge in [-0.1, -0.05) is 29.3 Å². The number of ether oxygens (including phenoxy) is 1. The van der Waals surface area contributed by atoms with Gasteiger partial charge in [-0.05, 0) is 23.8 Å². The fourth-order valence-electron chi connectivity index (χ4n) is 1.96. The maximum atomic E-state index is 11.8. The van der Waals surface area contributed by atoms with E-state index in [1.165, 1.54) is 6.08 Å². The Balaban J connectivity index is 1.96. The molecule has 2 N–H and O–H groups in total. The van der Waals surface area contributed by atoms with E-state index < -0.39 is 17.9 Å². The fraction of sp³-hybridized carbons (Fsp3) is 0.286. The molecule has 0 radical (unpaired) electrons. The lowest BCUT2D eigenvalue weighted by Gasteiger charge is -2.14. The molecule has 2 rings (SSSR count). The van der Waals surface area contributed by atoms with Crippen LogP contribution in [-0.2, 0) is 14.3 Å². The molecule has 1 aliphatic rings. The van der Waals surface area contributed by atoms with Crippen LogP contribution in [0.15, 0.2) is 24.3 Å². The molecule has 1 fully saturated rings. The molecule has 0 aliphatic carbocycles. The largest absolute Gasteiger partial charge is 0.481 e. The van der Waals surface area contributed by atoms with E-state index in [1.807, 2.05) is 0 Å². The summed E-state index contributed by atoms with van der Waals surface area (Å²) in [6.07, 6.45) is 2.89. The molecule has 1 saturated heterocycles. The Morgan fingerprint density at radius 2 is 2.05 bits per heavy atom. The maximum Gasteiger partial charge on any atom is 0.311 e. The van der Waals surface area contributed by atoms with Crippen LogP contribution in [0.3, 0.4) is 0 Å². The van der Waals surface area contributed by atoms with E-state index in [0.29, 0.717) is 10.0 Å². The summed E-state index contributed by atoms with van der Waals surface area (Å²) in [6, 6.07) is 4.46. The minimum absolute atomic E-state index is 0.108. The Morgan fingerprint density at radius 3 is 2.71 bits per heavy atom. The van der Waals surface area contributed by atoms with E-state index >= 15 is 0 Å². The van der Waals surface area contributed by atoms with Crippen molar-refractivity contribution in [1.82, 2.24) is 5.32 Å². The smallest absolute Gasteiger partial charge is 0.311 e. The van der Waals surface area contributed by atoms with Gasteiger partial charge in [0.05, 0.1) is 29.3 Å². The second kappa shape index (κ2) is 6.93. The summed E-state index contributed by atoms with van der Waals surface area (Å²) in [5, 5.41) is 12.4. The first-order valence-electron chi connectivity index (χ1n) is 6.21. The van der Waals surface area contributed by atoms with Crippen molar-refractivity contribution in [2.75, 3.05) is 13.2 Å². The first-order chi connectivity index (χ1) is 9.97. The van der Waals surface area contributed by atoms with Gasteiger partial charge in [-0.2, -0.15) is 0 Å². The van der Waals surface area contributed by atoms with Crippen molar-refractivity contribution in [3.63, 3.8) is 0 Å². The lowest BCUT2D eigenvalue weighted by molar-refractivity contribution is -0.142. The second-order valence-electron chi connectivity index (χ2n) is 4.60. The molecule has 5 nitrogen and oxygen atoms in total. The third-order valence-corrected chi connectivity index (χ3v) is 3.84. The predicted octanol–water partition coefficient (Wildman–Crippen LogP) is 2.22. The number of nitrogens with one attached hydrogen (secondary N) is 1. The van der Waals surface area contributed by atoms with Crippen molar-refractivity contribution >= 4 is 41.2 Å². The molecular weight excluding hydrogens is 317 g/mol. The molecule has 0 saturated carbocycles. The molecule has 1 heterocycles. The van der Waals surface area contributed by atoms with Gasteiger partial charge in [0.25, 0.3) is 0 Å². The summed E-state index contributed by atoms with van der Waals surface area (Å²) in [7, 11) is 0. The van der Waals surface area contributed by atoms with Crippen molar-refractivity contribution in [3.05, 3.63) is 39.9 Å². The second-order valence-corrected chi connectivity index (χ2v) is 5.42. The summed E-state index contributed by atoms with van der Waals surface area (Å²) in [5.41, 5.74) is 0.719. The Hall–Kier alpha value is -1.56. The summed E-state index contributed by atoms with van der Waals surface area (Å²) in [6.45, 7) is 0.306. The SMILES string of the molecule is O=C(C=Cc1ccc(Cl)c(Cl)c1)NC1COCC1C(=O)O. The summed E-state index contributed by atoms with van der Waals surface area (Å²) in [4.78, 5) is 22.8. The van der Waals surface area contributed by atoms with E-state index in [2.05, 4.69) is 5.32 Å². The zero-order valence-electron chi connectivity index (χ0n) is 10.9. The number of aliphatic carboxylic acids is 1. The molecule has 0 bridgehead atoms. The summed E-state index contributed by atoms with van der Waals surface area (Å²) in [5.74, 6) is -2.08. The van der Waals surface area contributed by atoms with Gasteiger partial charge in [-0.25, -0.2) is 0 Å². The number of hydrogen-bond donors (Lipinski definition) is 2. The zero-order valence-corrected chi connectivity index (χ0v) is 12.4. The summed E-state index contributed by atoms with van der Waals surface area (Å²) >= 11 is 11.7. The van der Waals surface area contributed by atoms with Gasteiger partial charge in [0, 0.05) is 6.08 Å². The zero-order chi connectivity index (χ0) is 15.4. The van der Waals surface area contributed by atoms with Crippen LogP contribution in [0, 0.1) is 5.92 Å². The molecule has 21 heavy (non-hydrogen) atoms. The Kier molecular flexibility index (Phi) is 5.22. The van der Waals surface area contributed by atoms with Crippen LogP contribution in [0.5, 0.6) is 0 Å². The number of carboxylic acids is 1. The highest BCUT2D eigenvalue weighted by Gasteiger charge is 2.34. The molecule has 2 atom stereocenters. The van der Waals surface area contributed by atoms with Crippen LogP contribution in [0.2, 0.25) is 10.0 Å². The average molecular weight is 330 g/mol. The summed E-state index contributed by atoms with van der Waals surface area (Å²) < 4.78 is 5.07. The lowest BCUT2D eigenvalue weighted by Crippen LogP contribution is -2.41. The number of carbonyl (C=O) groups excluding carboxylic acids is 1. The van der Waals surface area contributed by atoms with Crippen molar-refractivity contribution in [2.24, 2.45) is 5.92 Å². The number of hydrogen-bond acceptors (Lipinski definition) is 3. The molecule has 1 aliphatic heterocycles. The standard InChI is InChI=1S/C14H13Cl2NO4/c15-10-3-1-8(5-11(10)16)2-4-13(18)17-12-7-21-6-9(12)14(19)20/h1-5,9,12H,6-7H2,(H,17,18)(H,19,20). The number of carboxylic acid groups (broad SMARTS) is 1. The van der Waals surface area contributed by atoms with Gasteiger partial charge in [0.2, 0.25) is 5.91 Å². The first-order valence-corrected chi connectivity index (χ1v) is 6.97. The topological polar surface area (TPSA) is 75.6 Å². The van der Waals surface area contributed by atoms with Crippen LogP contribution in [0.25, 0.3) is 6.08 Å². The van der Waals surface area contributed by atoms with Gasteiger partial charge in [0.15, 0.2) is 0 Å². The van der Waals surface area contributed by atoms with Crippen molar-refractivity contribution in [1.29, 1.82) is 0 Å². The van der Waals surface area contributed by atoms with Gasteiger partial charge in [0.1, 0.15) is 5.92 Å². The maximum absolute atomic E-state index is 11.8. The van der Waals surface area contributed by atoms with Crippen LogP contribution in [-0.4, -0.2) is 36.2 Å². The average Bonchev–Trinajstić information content (AvgIpc) is 2.88. The van der Waals surface area contributed by atoms with E-state index in [1.54, 1.807) is 24.3 Å². The van der Waals surface area contributed by atoms with E-state index in [0.717, 1.165) is 5.56 Å².